The Morgan fingerprint density at radius 2 is 1.73 bits per heavy atom. The molecule has 5 nitrogen and oxygen atoms in total. The smallest absolute Gasteiger partial charge is 0.228 e. The average Bonchev–Trinajstić information content (AvgIpc) is 2.88. The van der Waals surface area contributed by atoms with Crippen molar-refractivity contribution < 1.29 is 9.53 Å². The van der Waals surface area contributed by atoms with Crippen molar-refractivity contribution in [2.24, 2.45) is 5.92 Å². The van der Waals surface area contributed by atoms with E-state index in [1.807, 2.05) is 42.3 Å². The van der Waals surface area contributed by atoms with E-state index < -0.39 is 0 Å². The summed E-state index contributed by atoms with van der Waals surface area (Å²) in [6.07, 6.45) is 0.751. The molecule has 2 aliphatic heterocycles. The van der Waals surface area contributed by atoms with Crippen molar-refractivity contribution in [1.29, 1.82) is 0 Å². The van der Waals surface area contributed by atoms with E-state index >= 15 is 0 Å². The van der Waals surface area contributed by atoms with Crippen LogP contribution in [-0.2, 0) is 17.8 Å². The minimum Gasteiger partial charge on any atom is -0.497 e. The molecule has 0 spiro atoms. The van der Waals surface area contributed by atoms with Crippen LogP contribution in [0.4, 0.5) is 11.4 Å². The Labute approximate surface area is 196 Å². The third kappa shape index (κ3) is 4.28. The van der Waals surface area contributed by atoms with E-state index in [4.69, 9.17) is 4.74 Å². The van der Waals surface area contributed by atoms with Crippen LogP contribution in [-0.4, -0.2) is 50.6 Å². The van der Waals surface area contributed by atoms with Gasteiger partial charge in [0.2, 0.25) is 5.91 Å². The molecule has 170 valence electrons. The van der Waals surface area contributed by atoms with E-state index in [2.05, 4.69) is 58.3 Å². The number of hydrogen-bond acceptors (Lipinski definition) is 4. The summed E-state index contributed by atoms with van der Waals surface area (Å²) in [7, 11) is 3.64. The lowest BCUT2D eigenvalue weighted by molar-refractivity contribution is -0.135. The van der Waals surface area contributed by atoms with Gasteiger partial charge in [-0.15, -0.1) is 0 Å². The average molecular weight is 442 g/mol. The first kappa shape index (κ1) is 21.4. The van der Waals surface area contributed by atoms with Crippen molar-refractivity contribution in [2.45, 2.75) is 19.0 Å². The molecular formula is C28H31N3O2. The molecule has 5 heteroatoms. The number of para-hydroxylation sites is 1. The number of hydrogen-bond donors (Lipinski definition) is 0. The Balaban J connectivity index is 1.45. The van der Waals surface area contributed by atoms with Gasteiger partial charge >= 0.3 is 0 Å². The molecule has 0 unspecified atom stereocenters. The number of carbonyl (C=O) groups excluding carboxylic acids is 1. The summed E-state index contributed by atoms with van der Waals surface area (Å²) in [4.78, 5) is 20.6. The van der Waals surface area contributed by atoms with Crippen LogP contribution in [0.25, 0.3) is 0 Å². The predicted octanol–water partition coefficient (Wildman–Crippen LogP) is 4.22. The van der Waals surface area contributed by atoms with Gasteiger partial charge in [0.1, 0.15) is 5.75 Å². The van der Waals surface area contributed by atoms with Crippen LogP contribution < -0.4 is 14.5 Å². The molecule has 2 aliphatic rings. The first-order valence-corrected chi connectivity index (χ1v) is 11.7. The van der Waals surface area contributed by atoms with E-state index in [0.29, 0.717) is 6.54 Å². The normalized spacial score (nSPS) is 19.5. The molecule has 0 aromatic heterocycles. The molecule has 1 saturated heterocycles. The predicted molar refractivity (Wildman–Crippen MR) is 133 cm³/mol. The summed E-state index contributed by atoms with van der Waals surface area (Å²) in [6, 6.07) is 27.1. The van der Waals surface area contributed by atoms with Crippen molar-refractivity contribution in [1.82, 2.24) is 4.90 Å². The maximum absolute atomic E-state index is 13.8. The molecule has 0 N–H and O–H groups in total. The Morgan fingerprint density at radius 3 is 2.45 bits per heavy atom. The first-order chi connectivity index (χ1) is 16.1. The molecule has 0 aliphatic carbocycles. The number of ether oxygens (including phenoxy) is 1. The van der Waals surface area contributed by atoms with Gasteiger partial charge in [-0.25, -0.2) is 0 Å². The van der Waals surface area contributed by atoms with Crippen molar-refractivity contribution >= 4 is 17.3 Å². The number of amides is 1. The van der Waals surface area contributed by atoms with Crippen molar-refractivity contribution in [3.05, 3.63) is 90.0 Å². The molecule has 3 aromatic rings. The lowest BCUT2D eigenvalue weighted by Crippen LogP contribution is -2.61. The standard InChI is InChI=1S/C28H31N3O2/c1-29(19-21-9-5-3-6-10-21)28(32)25-17-22-13-14-24(33-2)18-26(22)31-16-15-30(20-27(25)31)23-11-7-4-8-12-23/h3-14,18,25,27H,15-17,19-20H2,1-2H3/t25-,27+/m1/s1. The Kier molecular flexibility index (Phi) is 5.95. The zero-order valence-electron chi connectivity index (χ0n) is 19.4. The quantitative estimate of drug-likeness (QED) is 0.594. The molecule has 1 amide bonds. The van der Waals surface area contributed by atoms with E-state index in [1.165, 1.54) is 16.9 Å². The third-order valence-corrected chi connectivity index (χ3v) is 7.00. The molecule has 5 rings (SSSR count). The minimum atomic E-state index is -0.0916. The molecule has 1 fully saturated rings. The topological polar surface area (TPSA) is 36.0 Å². The number of methoxy groups -OCH3 is 1. The maximum atomic E-state index is 13.8. The minimum absolute atomic E-state index is 0.0916. The van der Waals surface area contributed by atoms with Crippen LogP contribution in [0.1, 0.15) is 11.1 Å². The highest BCUT2D eigenvalue weighted by molar-refractivity contribution is 5.82. The molecule has 0 saturated carbocycles. The molecule has 3 aromatic carbocycles. The van der Waals surface area contributed by atoms with Gasteiger partial charge in [0.25, 0.3) is 0 Å². The highest BCUT2D eigenvalue weighted by Crippen LogP contribution is 2.39. The number of fused-ring (bicyclic) bond motifs is 3. The van der Waals surface area contributed by atoms with Crippen LogP contribution in [0, 0.1) is 5.92 Å². The van der Waals surface area contributed by atoms with Crippen LogP contribution in [0.15, 0.2) is 78.9 Å². The molecule has 0 radical (unpaired) electrons. The number of anilines is 2. The lowest BCUT2D eigenvalue weighted by atomic mass is 9.82. The second-order valence-electron chi connectivity index (χ2n) is 9.03. The van der Waals surface area contributed by atoms with Crippen LogP contribution >= 0.6 is 0 Å². The number of benzene rings is 3. The zero-order valence-corrected chi connectivity index (χ0v) is 19.4. The fraction of sp³-hybridized carbons (Fsp3) is 0.321. The van der Waals surface area contributed by atoms with E-state index in [-0.39, 0.29) is 17.9 Å². The number of carbonyl (C=O) groups is 1. The Bertz CT molecular complexity index is 1100. The summed E-state index contributed by atoms with van der Waals surface area (Å²) in [5.41, 5.74) is 4.81. The SMILES string of the molecule is COc1ccc2c(c1)N1CCN(c3ccccc3)C[C@H]1[C@H](C(=O)N(C)Cc1ccccc1)C2. The van der Waals surface area contributed by atoms with E-state index in [9.17, 15) is 4.79 Å². The number of rotatable bonds is 5. The van der Waals surface area contributed by atoms with Gasteiger partial charge in [-0.1, -0.05) is 54.6 Å². The maximum Gasteiger partial charge on any atom is 0.228 e. The van der Waals surface area contributed by atoms with Crippen molar-refractivity contribution in [2.75, 3.05) is 43.6 Å². The molecule has 2 heterocycles. The highest BCUT2D eigenvalue weighted by atomic mass is 16.5. The lowest BCUT2D eigenvalue weighted by Gasteiger charge is -2.50. The van der Waals surface area contributed by atoms with Gasteiger partial charge in [0.15, 0.2) is 0 Å². The largest absolute Gasteiger partial charge is 0.497 e. The van der Waals surface area contributed by atoms with Gasteiger partial charge in [-0.2, -0.15) is 0 Å². The summed E-state index contributed by atoms with van der Waals surface area (Å²) in [6.45, 7) is 3.26. The van der Waals surface area contributed by atoms with E-state index in [0.717, 1.165) is 37.4 Å². The summed E-state index contributed by atoms with van der Waals surface area (Å²) in [5.74, 6) is 0.986. The third-order valence-electron chi connectivity index (χ3n) is 7.00. The van der Waals surface area contributed by atoms with Gasteiger partial charge in [-0.05, 0) is 35.7 Å². The van der Waals surface area contributed by atoms with Gasteiger partial charge in [0.05, 0.1) is 19.1 Å². The second kappa shape index (κ2) is 9.18. The monoisotopic (exact) mass is 441 g/mol. The molecule has 33 heavy (non-hydrogen) atoms. The molecule has 0 bridgehead atoms. The molecular weight excluding hydrogens is 410 g/mol. The molecule has 2 atom stereocenters. The Hall–Kier alpha value is -3.47. The first-order valence-electron chi connectivity index (χ1n) is 11.7. The summed E-state index contributed by atoms with van der Waals surface area (Å²) < 4.78 is 5.52. The van der Waals surface area contributed by atoms with Crippen molar-refractivity contribution in [3.8, 4) is 5.75 Å². The van der Waals surface area contributed by atoms with Gasteiger partial charge < -0.3 is 19.4 Å². The van der Waals surface area contributed by atoms with E-state index in [1.54, 1.807) is 7.11 Å². The summed E-state index contributed by atoms with van der Waals surface area (Å²) in [5, 5.41) is 0. The highest BCUT2D eigenvalue weighted by Gasteiger charge is 2.42. The van der Waals surface area contributed by atoms with Crippen LogP contribution in [0.3, 0.4) is 0 Å². The van der Waals surface area contributed by atoms with Crippen molar-refractivity contribution in [3.63, 3.8) is 0 Å². The van der Waals surface area contributed by atoms with Crippen LogP contribution in [0.5, 0.6) is 5.75 Å². The van der Waals surface area contributed by atoms with Gasteiger partial charge in [-0.3, -0.25) is 4.79 Å². The Morgan fingerprint density at radius 1 is 1.00 bits per heavy atom. The summed E-state index contributed by atoms with van der Waals surface area (Å²) >= 11 is 0. The van der Waals surface area contributed by atoms with Gasteiger partial charge in [0, 0.05) is 50.7 Å². The number of nitrogens with zero attached hydrogens (tertiary/aromatic N) is 3. The fourth-order valence-corrected chi connectivity index (χ4v) is 5.28. The zero-order chi connectivity index (χ0) is 22.8. The number of piperazine rings is 1. The second-order valence-corrected chi connectivity index (χ2v) is 9.03. The van der Waals surface area contributed by atoms with Crippen LogP contribution in [0.2, 0.25) is 0 Å². The fourth-order valence-electron chi connectivity index (χ4n) is 5.28.